The molecule has 0 aliphatic heterocycles. The van der Waals surface area contributed by atoms with Crippen molar-refractivity contribution in [2.75, 3.05) is 14.2 Å². The number of carbonyl (C=O) groups excluding carboxylic acids is 2. The summed E-state index contributed by atoms with van der Waals surface area (Å²) < 4.78 is 10.0. The second-order valence-electron chi connectivity index (χ2n) is 5.20. The fraction of sp³-hybridized carbons (Fsp3) is 0.294. The van der Waals surface area contributed by atoms with E-state index in [0.29, 0.717) is 12.0 Å². The molecule has 0 N–H and O–H groups in total. The zero-order valence-corrected chi connectivity index (χ0v) is 12.0. The Hall–Kier alpha value is -2.36. The van der Waals surface area contributed by atoms with E-state index in [2.05, 4.69) is 0 Å². The highest BCUT2D eigenvalue weighted by molar-refractivity contribution is 6.12. The van der Waals surface area contributed by atoms with Gasteiger partial charge in [0.25, 0.3) is 0 Å². The fourth-order valence-corrected chi connectivity index (χ4v) is 2.76. The van der Waals surface area contributed by atoms with E-state index in [1.54, 1.807) is 19.2 Å². The number of ether oxygens (including phenoxy) is 2. The molecule has 2 atom stereocenters. The van der Waals surface area contributed by atoms with Crippen LogP contribution in [0, 0.1) is 11.8 Å². The number of benzene rings is 2. The molecule has 0 unspecified atom stereocenters. The van der Waals surface area contributed by atoms with Crippen molar-refractivity contribution in [2.45, 2.75) is 6.42 Å². The Kier molecular flexibility index (Phi) is 3.37. The van der Waals surface area contributed by atoms with E-state index in [1.807, 2.05) is 24.3 Å². The maximum atomic E-state index is 12.6. The number of ketones is 1. The van der Waals surface area contributed by atoms with E-state index in [4.69, 9.17) is 9.47 Å². The van der Waals surface area contributed by atoms with E-state index in [1.165, 1.54) is 7.11 Å². The number of hydrogen-bond acceptors (Lipinski definition) is 4. The maximum Gasteiger partial charge on any atom is 0.309 e. The summed E-state index contributed by atoms with van der Waals surface area (Å²) in [7, 11) is 2.96. The van der Waals surface area contributed by atoms with Crippen molar-refractivity contribution in [2.24, 2.45) is 11.8 Å². The lowest BCUT2D eigenvalue weighted by Crippen LogP contribution is -2.10. The Balaban J connectivity index is 1.99. The molecule has 3 rings (SSSR count). The van der Waals surface area contributed by atoms with Crippen LogP contribution in [0.1, 0.15) is 16.8 Å². The monoisotopic (exact) mass is 284 g/mol. The van der Waals surface area contributed by atoms with Crippen molar-refractivity contribution in [3.63, 3.8) is 0 Å². The number of rotatable bonds is 4. The van der Waals surface area contributed by atoms with Crippen LogP contribution in [0.3, 0.4) is 0 Å². The molecular formula is C17H16O4. The van der Waals surface area contributed by atoms with E-state index in [0.717, 1.165) is 16.5 Å². The molecule has 1 aliphatic rings. The molecule has 0 aromatic heterocycles. The third kappa shape index (κ3) is 2.27. The van der Waals surface area contributed by atoms with Crippen molar-refractivity contribution < 1.29 is 19.1 Å². The number of esters is 1. The van der Waals surface area contributed by atoms with Crippen molar-refractivity contribution in [3.05, 3.63) is 42.0 Å². The molecule has 0 spiro atoms. The van der Waals surface area contributed by atoms with Gasteiger partial charge in [-0.25, -0.2) is 0 Å². The minimum absolute atomic E-state index is 0.00394. The molecule has 2 aromatic rings. The second kappa shape index (κ2) is 5.20. The van der Waals surface area contributed by atoms with Crippen LogP contribution >= 0.6 is 0 Å². The Labute approximate surface area is 122 Å². The molecule has 0 radical (unpaired) electrons. The molecule has 108 valence electrons. The largest absolute Gasteiger partial charge is 0.496 e. The molecule has 0 amide bonds. The summed E-state index contributed by atoms with van der Waals surface area (Å²) in [6.45, 7) is 0. The van der Waals surface area contributed by atoms with Gasteiger partial charge < -0.3 is 9.47 Å². The van der Waals surface area contributed by atoms with E-state index in [9.17, 15) is 9.59 Å². The number of fused-ring (bicyclic) bond motifs is 1. The van der Waals surface area contributed by atoms with Gasteiger partial charge in [0.15, 0.2) is 5.78 Å². The number of Topliss-reactive ketones (excluding diaryl/α,β-unsaturated/α-hetero) is 1. The van der Waals surface area contributed by atoms with Crippen LogP contribution in [-0.2, 0) is 9.53 Å². The summed E-state index contributed by atoms with van der Waals surface area (Å²) in [6, 6.07) is 11.2. The van der Waals surface area contributed by atoms with Gasteiger partial charge in [-0.3, -0.25) is 9.59 Å². The second-order valence-corrected chi connectivity index (χ2v) is 5.20. The summed E-state index contributed by atoms with van der Waals surface area (Å²) in [4.78, 5) is 24.1. The average molecular weight is 284 g/mol. The number of hydrogen-bond donors (Lipinski definition) is 0. The zero-order chi connectivity index (χ0) is 15.0. The van der Waals surface area contributed by atoms with E-state index >= 15 is 0 Å². The summed E-state index contributed by atoms with van der Waals surface area (Å²) in [6.07, 6.45) is 0.575. The Bertz CT molecular complexity index is 720. The van der Waals surface area contributed by atoms with E-state index in [-0.39, 0.29) is 23.6 Å². The van der Waals surface area contributed by atoms with Gasteiger partial charge in [0.1, 0.15) is 5.75 Å². The third-order valence-corrected chi connectivity index (χ3v) is 4.00. The van der Waals surface area contributed by atoms with Gasteiger partial charge in [-0.2, -0.15) is 0 Å². The predicted octanol–water partition coefficient (Wildman–Crippen LogP) is 2.84. The Morgan fingerprint density at radius 2 is 1.71 bits per heavy atom. The van der Waals surface area contributed by atoms with Gasteiger partial charge in [-0.05, 0) is 23.9 Å². The number of methoxy groups -OCH3 is 2. The average Bonchev–Trinajstić information content (AvgIpc) is 3.33. The number of carbonyl (C=O) groups is 2. The normalized spacial score (nSPS) is 20.1. The molecule has 1 aliphatic carbocycles. The standard InChI is InChI=1S/C17H16O4/c1-20-15-8-7-12(10-5-3-4-6-11(10)15)16(18)13-9-14(13)17(19)21-2/h3-8,13-14H,9H2,1-2H3/t13-,14+/m0/s1. The van der Waals surface area contributed by atoms with Crippen molar-refractivity contribution in [1.29, 1.82) is 0 Å². The van der Waals surface area contributed by atoms with Gasteiger partial charge in [-0.15, -0.1) is 0 Å². The highest BCUT2D eigenvalue weighted by Crippen LogP contribution is 2.43. The Morgan fingerprint density at radius 1 is 1.00 bits per heavy atom. The first-order valence-electron chi connectivity index (χ1n) is 6.85. The van der Waals surface area contributed by atoms with E-state index < -0.39 is 0 Å². The van der Waals surface area contributed by atoms with Crippen LogP contribution < -0.4 is 4.74 Å². The SMILES string of the molecule is COC(=O)[C@@H]1C[C@@H]1C(=O)c1ccc(OC)c2ccccc12. The first-order chi connectivity index (χ1) is 10.2. The molecule has 2 aromatic carbocycles. The minimum Gasteiger partial charge on any atom is -0.496 e. The zero-order valence-electron chi connectivity index (χ0n) is 12.0. The molecule has 0 heterocycles. The topological polar surface area (TPSA) is 52.6 Å². The highest BCUT2D eigenvalue weighted by atomic mass is 16.5. The molecule has 4 heteroatoms. The highest BCUT2D eigenvalue weighted by Gasteiger charge is 2.49. The Morgan fingerprint density at radius 3 is 2.38 bits per heavy atom. The van der Waals surface area contributed by atoms with Crippen LogP contribution in [0.4, 0.5) is 0 Å². The minimum atomic E-state index is -0.300. The smallest absolute Gasteiger partial charge is 0.309 e. The molecule has 21 heavy (non-hydrogen) atoms. The van der Waals surface area contributed by atoms with Crippen LogP contribution in [0.5, 0.6) is 5.75 Å². The van der Waals surface area contributed by atoms with Crippen molar-refractivity contribution >= 4 is 22.5 Å². The van der Waals surface area contributed by atoms with Gasteiger partial charge in [0.05, 0.1) is 20.1 Å². The lowest BCUT2D eigenvalue weighted by molar-refractivity contribution is -0.142. The van der Waals surface area contributed by atoms with Gasteiger partial charge in [-0.1, -0.05) is 24.3 Å². The summed E-state index contributed by atoms with van der Waals surface area (Å²) in [5.74, 6) is -0.101. The molecule has 1 fully saturated rings. The van der Waals surface area contributed by atoms with Crippen LogP contribution in [-0.4, -0.2) is 26.0 Å². The van der Waals surface area contributed by atoms with Crippen molar-refractivity contribution in [1.82, 2.24) is 0 Å². The first-order valence-corrected chi connectivity index (χ1v) is 6.85. The first kappa shape index (κ1) is 13.6. The molecule has 4 nitrogen and oxygen atoms in total. The van der Waals surface area contributed by atoms with Gasteiger partial charge >= 0.3 is 5.97 Å². The molecule has 1 saturated carbocycles. The molecule has 0 saturated heterocycles. The summed E-state index contributed by atoms with van der Waals surface area (Å²) in [5, 5.41) is 1.76. The fourth-order valence-electron chi connectivity index (χ4n) is 2.76. The predicted molar refractivity (Wildman–Crippen MR) is 78.4 cm³/mol. The maximum absolute atomic E-state index is 12.6. The molecule has 0 bridgehead atoms. The summed E-state index contributed by atoms with van der Waals surface area (Å²) in [5.41, 5.74) is 0.641. The van der Waals surface area contributed by atoms with Crippen LogP contribution in [0.15, 0.2) is 36.4 Å². The quantitative estimate of drug-likeness (QED) is 0.640. The van der Waals surface area contributed by atoms with Crippen molar-refractivity contribution in [3.8, 4) is 5.75 Å². The lowest BCUT2D eigenvalue weighted by Gasteiger charge is -2.09. The van der Waals surface area contributed by atoms with Gasteiger partial charge in [0.2, 0.25) is 0 Å². The summed E-state index contributed by atoms with van der Waals surface area (Å²) >= 11 is 0. The third-order valence-electron chi connectivity index (χ3n) is 4.00. The van der Waals surface area contributed by atoms with Crippen LogP contribution in [0.2, 0.25) is 0 Å². The lowest BCUT2D eigenvalue weighted by atomic mass is 9.98. The van der Waals surface area contributed by atoms with Crippen LogP contribution in [0.25, 0.3) is 10.8 Å². The van der Waals surface area contributed by atoms with Gasteiger partial charge in [0, 0.05) is 16.9 Å². The molecular weight excluding hydrogens is 268 g/mol.